The molecule has 0 aliphatic carbocycles. The van der Waals surface area contributed by atoms with Crippen LogP contribution in [-0.2, 0) is 29.1 Å². The van der Waals surface area contributed by atoms with Crippen molar-refractivity contribution in [1.82, 2.24) is 15.2 Å². The molecule has 160 valence electrons. The van der Waals surface area contributed by atoms with Gasteiger partial charge in [0.2, 0.25) is 11.8 Å². The van der Waals surface area contributed by atoms with Gasteiger partial charge in [0.1, 0.15) is 6.04 Å². The Morgan fingerprint density at radius 3 is 2.26 bits per heavy atom. The molecule has 0 radical (unpaired) electrons. The van der Waals surface area contributed by atoms with Crippen LogP contribution in [-0.4, -0.2) is 27.7 Å². The van der Waals surface area contributed by atoms with E-state index in [0.29, 0.717) is 31.0 Å². The summed E-state index contributed by atoms with van der Waals surface area (Å²) in [6.07, 6.45) is 4.13. The summed E-state index contributed by atoms with van der Waals surface area (Å²) in [5.74, 6) is -0.258. The lowest BCUT2D eigenvalue weighted by molar-refractivity contribution is -0.141. The van der Waals surface area contributed by atoms with Gasteiger partial charge in [-0.3, -0.25) is 14.6 Å². The molecule has 0 unspecified atom stereocenters. The van der Waals surface area contributed by atoms with Crippen LogP contribution in [0.5, 0.6) is 0 Å². The zero-order chi connectivity index (χ0) is 22.1. The maximum atomic E-state index is 13.3. The SMILES string of the molecule is CCC(=O)N(Cc1ccc(Cl)cc1)[C@@H](Cc1ccccc1)C(=O)NCc1ccncc1. The molecule has 1 heterocycles. The van der Waals surface area contributed by atoms with Crippen LogP contribution in [0.3, 0.4) is 0 Å². The van der Waals surface area contributed by atoms with Crippen LogP contribution in [0.15, 0.2) is 79.1 Å². The molecule has 5 nitrogen and oxygen atoms in total. The van der Waals surface area contributed by atoms with Gasteiger partial charge in [-0.25, -0.2) is 0 Å². The normalized spacial score (nSPS) is 11.5. The van der Waals surface area contributed by atoms with Crippen molar-refractivity contribution >= 4 is 23.4 Å². The van der Waals surface area contributed by atoms with Crippen molar-refractivity contribution < 1.29 is 9.59 Å². The van der Waals surface area contributed by atoms with Crippen molar-refractivity contribution in [2.24, 2.45) is 0 Å². The van der Waals surface area contributed by atoms with Gasteiger partial charge in [0.15, 0.2) is 0 Å². The summed E-state index contributed by atoms with van der Waals surface area (Å²) in [4.78, 5) is 31.9. The average molecular weight is 436 g/mol. The van der Waals surface area contributed by atoms with E-state index in [9.17, 15) is 9.59 Å². The molecule has 0 spiro atoms. The second-order valence-corrected chi connectivity index (χ2v) is 7.72. The highest BCUT2D eigenvalue weighted by molar-refractivity contribution is 6.30. The molecule has 2 amide bonds. The lowest BCUT2D eigenvalue weighted by atomic mass is 10.0. The first-order chi connectivity index (χ1) is 15.1. The molecule has 0 aliphatic rings. The van der Waals surface area contributed by atoms with Gasteiger partial charge in [0, 0.05) is 43.3 Å². The van der Waals surface area contributed by atoms with E-state index >= 15 is 0 Å². The standard InChI is InChI=1S/C25H26ClN3O2/c1-2-24(30)29(18-21-8-10-22(26)11-9-21)23(16-19-6-4-3-5-7-19)25(31)28-17-20-12-14-27-15-13-20/h3-15,23H,2,16-18H2,1H3,(H,28,31)/t23-/m0/s1. The number of aromatic nitrogens is 1. The predicted molar refractivity (Wildman–Crippen MR) is 122 cm³/mol. The van der Waals surface area contributed by atoms with Crippen LogP contribution in [0.25, 0.3) is 0 Å². The highest BCUT2D eigenvalue weighted by atomic mass is 35.5. The van der Waals surface area contributed by atoms with Crippen molar-refractivity contribution in [3.63, 3.8) is 0 Å². The number of hydrogen-bond donors (Lipinski definition) is 1. The Balaban J connectivity index is 1.85. The van der Waals surface area contributed by atoms with E-state index in [1.807, 2.05) is 61.5 Å². The van der Waals surface area contributed by atoms with E-state index in [1.165, 1.54) is 0 Å². The first kappa shape index (κ1) is 22.5. The van der Waals surface area contributed by atoms with Crippen molar-refractivity contribution in [1.29, 1.82) is 0 Å². The van der Waals surface area contributed by atoms with Gasteiger partial charge in [-0.15, -0.1) is 0 Å². The molecule has 6 heteroatoms. The third-order valence-electron chi connectivity index (χ3n) is 5.06. The van der Waals surface area contributed by atoms with E-state index in [-0.39, 0.29) is 11.8 Å². The number of pyridine rings is 1. The molecule has 0 aliphatic heterocycles. The summed E-state index contributed by atoms with van der Waals surface area (Å²) in [7, 11) is 0. The average Bonchev–Trinajstić information content (AvgIpc) is 2.82. The second kappa shape index (κ2) is 11.3. The number of carbonyl (C=O) groups excluding carboxylic acids is 2. The smallest absolute Gasteiger partial charge is 0.243 e. The minimum Gasteiger partial charge on any atom is -0.350 e. The number of nitrogens with zero attached hydrogens (tertiary/aromatic N) is 2. The number of carbonyl (C=O) groups is 2. The second-order valence-electron chi connectivity index (χ2n) is 7.28. The van der Waals surface area contributed by atoms with Gasteiger partial charge in [-0.2, -0.15) is 0 Å². The van der Waals surface area contributed by atoms with Crippen molar-refractivity contribution in [3.8, 4) is 0 Å². The van der Waals surface area contributed by atoms with Crippen molar-refractivity contribution in [2.45, 2.75) is 38.9 Å². The summed E-state index contributed by atoms with van der Waals surface area (Å²) < 4.78 is 0. The van der Waals surface area contributed by atoms with Gasteiger partial charge in [-0.1, -0.05) is 61.0 Å². The molecule has 0 saturated heterocycles. The molecule has 0 saturated carbocycles. The molecule has 0 bridgehead atoms. The highest BCUT2D eigenvalue weighted by Gasteiger charge is 2.29. The van der Waals surface area contributed by atoms with Crippen LogP contribution in [0, 0.1) is 0 Å². The monoisotopic (exact) mass is 435 g/mol. The summed E-state index contributed by atoms with van der Waals surface area (Å²) in [6.45, 7) is 2.53. The lowest BCUT2D eigenvalue weighted by Crippen LogP contribution is -2.50. The van der Waals surface area contributed by atoms with E-state index in [0.717, 1.165) is 16.7 Å². The summed E-state index contributed by atoms with van der Waals surface area (Å²) >= 11 is 6.01. The van der Waals surface area contributed by atoms with Crippen LogP contribution < -0.4 is 5.32 Å². The first-order valence-electron chi connectivity index (χ1n) is 10.3. The van der Waals surface area contributed by atoms with Crippen LogP contribution in [0.2, 0.25) is 5.02 Å². The molecule has 31 heavy (non-hydrogen) atoms. The van der Waals surface area contributed by atoms with Crippen molar-refractivity contribution in [2.75, 3.05) is 0 Å². The van der Waals surface area contributed by atoms with Crippen LogP contribution in [0.1, 0.15) is 30.0 Å². The Morgan fingerprint density at radius 1 is 0.935 bits per heavy atom. The fraction of sp³-hybridized carbons (Fsp3) is 0.240. The Labute approximate surface area is 188 Å². The van der Waals surface area contributed by atoms with Gasteiger partial charge in [-0.05, 0) is 41.0 Å². The number of hydrogen-bond acceptors (Lipinski definition) is 3. The fourth-order valence-electron chi connectivity index (χ4n) is 3.35. The first-order valence-corrected chi connectivity index (χ1v) is 10.7. The number of nitrogens with one attached hydrogen (secondary N) is 1. The summed E-state index contributed by atoms with van der Waals surface area (Å²) in [5.41, 5.74) is 2.87. The van der Waals surface area contributed by atoms with Gasteiger partial charge < -0.3 is 10.2 Å². The molecule has 0 fully saturated rings. The molecular weight excluding hydrogens is 410 g/mol. The van der Waals surface area contributed by atoms with E-state index in [1.54, 1.807) is 29.4 Å². The molecule has 3 aromatic rings. The van der Waals surface area contributed by atoms with Crippen LogP contribution in [0.4, 0.5) is 0 Å². The largest absolute Gasteiger partial charge is 0.350 e. The van der Waals surface area contributed by atoms with E-state index in [2.05, 4.69) is 10.3 Å². The predicted octanol–water partition coefficient (Wildman–Crippen LogP) is 4.40. The Kier molecular flexibility index (Phi) is 8.19. The zero-order valence-electron chi connectivity index (χ0n) is 17.5. The minimum atomic E-state index is -0.632. The molecule has 3 rings (SSSR count). The summed E-state index contributed by atoms with van der Waals surface area (Å²) in [6, 6.07) is 20.2. The third kappa shape index (κ3) is 6.66. The maximum absolute atomic E-state index is 13.3. The van der Waals surface area contributed by atoms with Gasteiger partial charge >= 0.3 is 0 Å². The van der Waals surface area contributed by atoms with Crippen LogP contribution >= 0.6 is 11.6 Å². The van der Waals surface area contributed by atoms with Gasteiger partial charge in [0.05, 0.1) is 0 Å². The highest BCUT2D eigenvalue weighted by Crippen LogP contribution is 2.17. The van der Waals surface area contributed by atoms with Crippen molar-refractivity contribution in [3.05, 3.63) is 101 Å². The van der Waals surface area contributed by atoms with Gasteiger partial charge in [0.25, 0.3) is 0 Å². The molecular formula is C25H26ClN3O2. The topological polar surface area (TPSA) is 62.3 Å². The number of amides is 2. The Hall–Kier alpha value is -3.18. The third-order valence-corrected chi connectivity index (χ3v) is 5.31. The lowest BCUT2D eigenvalue weighted by Gasteiger charge is -2.31. The maximum Gasteiger partial charge on any atom is 0.243 e. The zero-order valence-corrected chi connectivity index (χ0v) is 18.3. The number of halogens is 1. The Bertz CT molecular complexity index is 979. The minimum absolute atomic E-state index is 0.0741. The van der Waals surface area contributed by atoms with E-state index in [4.69, 9.17) is 11.6 Å². The van der Waals surface area contributed by atoms with E-state index < -0.39 is 6.04 Å². The molecule has 1 aromatic heterocycles. The molecule has 1 N–H and O–H groups in total. The number of benzene rings is 2. The number of rotatable bonds is 9. The summed E-state index contributed by atoms with van der Waals surface area (Å²) in [5, 5.41) is 3.62. The fourth-order valence-corrected chi connectivity index (χ4v) is 3.48. The molecule has 1 atom stereocenters. The quantitative estimate of drug-likeness (QED) is 0.541. The molecule has 2 aromatic carbocycles. The Morgan fingerprint density at radius 2 is 1.61 bits per heavy atom.